The number of allylic oxidation sites excluding steroid dienone is 1. The highest BCUT2D eigenvalue weighted by molar-refractivity contribution is 6.30. The molecule has 0 fully saturated rings. The van der Waals surface area contributed by atoms with Gasteiger partial charge in [-0.25, -0.2) is 0 Å². The van der Waals surface area contributed by atoms with E-state index in [0.29, 0.717) is 28.5 Å². The van der Waals surface area contributed by atoms with Gasteiger partial charge in [-0.3, -0.25) is 0 Å². The molecule has 70 valence electrons. The fourth-order valence-electron chi connectivity index (χ4n) is 0.585. The van der Waals surface area contributed by atoms with E-state index in [1.807, 2.05) is 6.08 Å². The van der Waals surface area contributed by atoms with E-state index in [0.717, 1.165) is 13.0 Å². The molecule has 0 heterocycles. The van der Waals surface area contributed by atoms with Gasteiger partial charge in [0.1, 0.15) is 0 Å². The molecule has 2 nitrogen and oxygen atoms in total. The van der Waals surface area contributed by atoms with Crippen LogP contribution in [0.3, 0.4) is 0 Å². The maximum absolute atomic E-state index is 5.36. The summed E-state index contributed by atoms with van der Waals surface area (Å²) in [6.45, 7) is 10.1. The Balaban J connectivity index is 2.95. The zero-order valence-corrected chi connectivity index (χ0v) is 9.01. The van der Waals surface area contributed by atoms with Gasteiger partial charge in [-0.15, -0.1) is 6.58 Å². The molecule has 0 aliphatic heterocycles. The summed E-state index contributed by atoms with van der Waals surface area (Å²) in [5.74, 6) is 0. The predicted molar refractivity (Wildman–Crippen MR) is 52.4 cm³/mol. The second kappa shape index (κ2) is 8.97. The molecule has 2 radical (unpaired) electrons. The molecule has 0 aromatic heterocycles. The van der Waals surface area contributed by atoms with E-state index in [1.54, 1.807) is 0 Å². The second-order valence-electron chi connectivity index (χ2n) is 2.60. The third kappa shape index (κ3) is 7.98. The first-order chi connectivity index (χ1) is 5.81. The summed E-state index contributed by atoms with van der Waals surface area (Å²) in [4.78, 5) is 0. The lowest BCUT2D eigenvalue weighted by Crippen LogP contribution is -2.09. The predicted octanol–water partition coefficient (Wildman–Crippen LogP) is 2.04. The van der Waals surface area contributed by atoms with Crippen LogP contribution in [-0.2, 0) is 9.16 Å². The Hall–Kier alpha value is -0.123. The summed E-state index contributed by atoms with van der Waals surface area (Å²) in [5, 5.41) is 0. The third-order valence-electron chi connectivity index (χ3n) is 1.30. The van der Waals surface area contributed by atoms with Crippen LogP contribution >= 0.6 is 0 Å². The van der Waals surface area contributed by atoms with Crippen molar-refractivity contribution < 1.29 is 9.16 Å². The molecule has 3 heteroatoms. The largest absolute Gasteiger partial charge is 0.414 e. The SMILES string of the molecule is C=CC(C)[Si]OCCOCCC. The van der Waals surface area contributed by atoms with Gasteiger partial charge in [-0.2, -0.15) is 0 Å². The van der Waals surface area contributed by atoms with Crippen LogP contribution in [0.1, 0.15) is 20.3 Å². The van der Waals surface area contributed by atoms with Gasteiger partial charge in [-0.1, -0.05) is 19.9 Å². The molecule has 0 N–H and O–H groups in total. The highest BCUT2D eigenvalue weighted by Gasteiger charge is 1.98. The van der Waals surface area contributed by atoms with Gasteiger partial charge in [0.15, 0.2) is 0 Å². The molecule has 0 rings (SSSR count). The molecule has 0 bridgehead atoms. The fraction of sp³-hybridized carbons (Fsp3) is 0.778. The van der Waals surface area contributed by atoms with E-state index in [1.165, 1.54) is 0 Å². The molecular weight excluding hydrogens is 168 g/mol. The van der Waals surface area contributed by atoms with Gasteiger partial charge in [0.05, 0.1) is 13.2 Å². The lowest BCUT2D eigenvalue weighted by molar-refractivity contribution is 0.102. The molecule has 0 spiro atoms. The summed E-state index contributed by atoms with van der Waals surface area (Å²) >= 11 is 0. The van der Waals surface area contributed by atoms with E-state index >= 15 is 0 Å². The third-order valence-corrected chi connectivity index (χ3v) is 2.28. The number of hydrogen-bond donors (Lipinski definition) is 0. The molecule has 12 heavy (non-hydrogen) atoms. The smallest absolute Gasteiger partial charge is 0.237 e. The van der Waals surface area contributed by atoms with Crippen LogP contribution in [-0.4, -0.2) is 29.6 Å². The molecule has 0 aliphatic carbocycles. The highest BCUT2D eigenvalue weighted by atomic mass is 28.2. The fourth-order valence-corrected chi connectivity index (χ4v) is 1.15. The van der Waals surface area contributed by atoms with Crippen LogP contribution in [0, 0.1) is 0 Å². The average Bonchev–Trinajstić information content (AvgIpc) is 2.10. The molecule has 0 aliphatic rings. The van der Waals surface area contributed by atoms with Gasteiger partial charge in [0, 0.05) is 6.61 Å². The second-order valence-corrected chi connectivity index (χ2v) is 4.04. The Labute approximate surface area is 77.9 Å². The van der Waals surface area contributed by atoms with Crippen molar-refractivity contribution in [3.05, 3.63) is 12.7 Å². The molecule has 0 aromatic rings. The Morgan fingerprint density at radius 2 is 2.17 bits per heavy atom. The zero-order chi connectivity index (χ0) is 9.23. The molecule has 1 unspecified atom stereocenters. The van der Waals surface area contributed by atoms with Gasteiger partial charge in [-0.05, 0) is 12.0 Å². The van der Waals surface area contributed by atoms with E-state index in [4.69, 9.17) is 9.16 Å². The topological polar surface area (TPSA) is 18.5 Å². The summed E-state index contributed by atoms with van der Waals surface area (Å²) in [6.07, 6.45) is 2.98. The lowest BCUT2D eigenvalue weighted by Gasteiger charge is -2.05. The van der Waals surface area contributed by atoms with E-state index in [-0.39, 0.29) is 0 Å². The molecule has 0 aromatic carbocycles. The van der Waals surface area contributed by atoms with Crippen molar-refractivity contribution in [3.63, 3.8) is 0 Å². The summed E-state index contributed by atoms with van der Waals surface area (Å²) in [5.41, 5.74) is 0.469. The highest BCUT2D eigenvalue weighted by Crippen LogP contribution is 2.00. The minimum Gasteiger partial charge on any atom is -0.414 e. The number of rotatable bonds is 8. The maximum Gasteiger partial charge on any atom is 0.237 e. The van der Waals surface area contributed by atoms with Crippen LogP contribution < -0.4 is 0 Å². The normalized spacial score (nSPS) is 12.8. The monoisotopic (exact) mass is 186 g/mol. The van der Waals surface area contributed by atoms with Crippen molar-refractivity contribution in [3.8, 4) is 0 Å². The standard InChI is InChI=1S/C9H18O2Si/c1-4-6-10-7-8-11-12-9(3)5-2/h5,9H,2,4,6-8H2,1,3H3. The quantitative estimate of drug-likeness (QED) is 0.328. The van der Waals surface area contributed by atoms with Crippen molar-refractivity contribution in [2.75, 3.05) is 19.8 Å². The Bertz CT molecular complexity index is 107. The Kier molecular flexibility index (Phi) is 8.88. The van der Waals surface area contributed by atoms with Crippen molar-refractivity contribution in [1.29, 1.82) is 0 Å². The van der Waals surface area contributed by atoms with Gasteiger partial charge >= 0.3 is 0 Å². The Morgan fingerprint density at radius 3 is 2.75 bits per heavy atom. The molecule has 0 saturated carbocycles. The van der Waals surface area contributed by atoms with Crippen molar-refractivity contribution >= 4 is 9.76 Å². The molecular formula is C9H18O2Si. The first-order valence-corrected chi connectivity index (χ1v) is 5.37. The van der Waals surface area contributed by atoms with Crippen LogP contribution in [0.25, 0.3) is 0 Å². The van der Waals surface area contributed by atoms with E-state index in [9.17, 15) is 0 Å². The lowest BCUT2D eigenvalue weighted by atomic mass is 10.5. The molecule has 1 atom stereocenters. The number of ether oxygens (including phenoxy) is 1. The van der Waals surface area contributed by atoms with Crippen LogP contribution in [0.4, 0.5) is 0 Å². The van der Waals surface area contributed by atoms with Crippen LogP contribution in [0.5, 0.6) is 0 Å². The van der Waals surface area contributed by atoms with Gasteiger partial charge in [0.2, 0.25) is 9.76 Å². The minimum absolute atomic E-state index is 0.469. The van der Waals surface area contributed by atoms with E-state index in [2.05, 4.69) is 20.4 Å². The van der Waals surface area contributed by atoms with Crippen molar-refractivity contribution in [1.82, 2.24) is 0 Å². The summed E-state index contributed by atoms with van der Waals surface area (Å²) in [7, 11) is 0.520. The first kappa shape index (κ1) is 11.9. The van der Waals surface area contributed by atoms with E-state index < -0.39 is 0 Å². The van der Waals surface area contributed by atoms with Crippen LogP contribution in [0.2, 0.25) is 5.54 Å². The number of hydrogen-bond acceptors (Lipinski definition) is 2. The molecule has 0 amide bonds. The molecule has 0 saturated heterocycles. The average molecular weight is 186 g/mol. The first-order valence-electron chi connectivity index (χ1n) is 4.38. The Morgan fingerprint density at radius 1 is 1.42 bits per heavy atom. The van der Waals surface area contributed by atoms with Crippen molar-refractivity contribution in [2.45, 2.75) is 25.8 Å². The summed E-state index contributed by atoms with van der Waals surface area (Å²) < 4.78 is 10.6. The minimum atomic E-state index is 0.469. The van der Waals surface area contributed by atoms with Crippen molar-refractivity contribution in [2.24, 2.45) is 0 Å². The zero-order valence-electron chi connectivity index (χ0n) is 8.01. The van der Waals surface area contributed by atoms with Gasteiger partial charge < -0.3 is 9.16 Å². The maximum atomic E-state index is 5.36. The van der Waals surface area contributed by atoms with Gasteiger partial charge in [0.25, 0.3) is 0 Å². The van der Waals surface area contributed by atoms with Crippen LogP contribution in [0.15, 0.2) is 12.7 Å². The summed E-state index contributed by atoms with van der Waals surface area (Å²) in [6, 6.07) is 0.